The van der Waals surface area contributed by atoms with Gasteiger partial charge in [-0.2, -0.15) is 5.10 Å². The van der Waals surface area contributed by atoms with Crippen molar-refractivity contribution in [3.8, 4) is 5.75 Å². The fourth-order valence-corrected chi connectivity index (χ4v) is 4.79. The summed E-state index contributed by atoms with van der Waals surface area (Å²) in [6.45, 7) is 1.87. The Bertz CT molecular complexity index is 693. The van der Waals surface area contributed by atoms with Crippen LogP contribution in [-0.2, 0) is 4.79 Å². The first-order chi connectivity index (χ1) is 10.5. The van der Waals surface area contributed by atoms with E-state index in [9.17, 15) is 4.79 Å². The predicted octanol–water partition coefficient (Wildman–Crippen LogP) is 4.87. The second-order valence-corrected chi connectivity index (χ2v) is 7.82. The standard InChI is InChI=1S/C14H11Br3N2O2S/c1-8-2-3-22-12(8)6-18-19-13(20)7-21-14-10(16)4-9(15)5-11(14)17/h2-6H,7H2,1H3,(H,19,20)/b18-6+. The Labute approximate surface area is 157 Å². The third-order valence-electron chi connectivity index (χ3n) is 2.58. The second-order valence-electron chi connectivity index (χ2n) is 4.25. The van der Waals surface area contributed by atoms with Crippen LogP contribution in [0.25, 0.3) is 0 Å². The van der Waals surface area contributed by atoms with Crippen molar-refractivity contribution in [1.29, 1.82) is 0 Å². The number of carbonyl (C=O) groups is 1. The lowest BCUT2D eigenvalue weighted by Crippen LogP contribution is -2.24. The molecular weight excluding hydrogens is 500 g/mol. The maximum atomic E-state index is 11.7. The highest BCUT2D eigenvalue weighted by Gasteiger charge is 2.10. The smallest absolute Gasteiger partial charge is 0.277 e. The number of carbonyl (C=O) groups excluding carboxylic acids is 1. The Kier molecular flexibility index (Phi) is 6.61. The Morgan fingerprint density at radius 2 is 2.05 bits per heavy atom. The number of thiophene rings is 1. The minimum Gasteiger partial charge on any atom is -0.481 e. The van der Waals surface area contributed by atoms with Gasteiger partial charge in [-0.1, -0.05) is 15.9 Å². The van der Waals surface area contributed by atoms with Crippen molar-refractivity contribution in [1.82, 2.24) is 5.43 Å². The van der Waals surface area contributed by atoms with Crippen LogP contribution in [-0.4, -0.2) is 18.7 Å². The quantitative estimate of drug-likeness (QED) is 0.461. The lowest BCUT2D eigenvalue weighted by atomic mass is 10.3. The van der Waals surface area contributed by atoms with Gasteiger partial charge in [0.2, 0.25) is 0 Å². The average molecular weight is 511 g/mol. The molecule has 1 heterocycles. The average Bonchev–Trinajstić information content (AvgIpc) is 2.83. The third kappa shape index (κ3) is 4.91. The van der Waals surface area contributed by atoms with Crippen LogP contribution in [0.4, 0.5) is 0 Å². The number of amides is 1. The van der Waals surface area contributed by atoms with Crippen LogP contribution in [0.1, 0.15) is 10.4 Å². The fourth-order valence-electron chi connectivity index (χ4n) is 1.52. The summed E-state index contributed by atoms with van der Waals surface area (Å²) < 4.78 is 7.90. The number of hydrogen-bond acceptors (Lipinski definition) is 4. The zero-order valence-corrected chi connectivity index (χ0v) is 17.0. The summed E-state index contributed by atoms with van der Waals surface area (Å²) in [6, 6.07) is 5.69. The molecule has 0 saturated carbocycles. The molecule has 1 aromatic carbocycles. The fraction of sp³-hybridized carbons (Fsp3) is 0.143. The summed E-state index contributed by atoms with van der Waals surface area (Å²) in [5.41, 5.74) is 3.57. The minimum atomic E-state index is -0.327. The van der Waals surface area contributed by atoms with Crippen molar-refractivity contribution >= 4 is 71.2 Å². The van der Waals surface area contributed by atoms with Crippen LogP contribution in [0.2, 0.25) is 0 Å². The minimum absolute atomic E-state index is 0.125. The van der Waals surface area contributed by atoms with Crippen LogP contribution in [0.3, 0.4) is 0 Å². The zero-order valence-electron chi connectivity index (χ0n) is 11.4. The molecule has 1 N–H and O–H groups in total. The van der Waals surface area contributed by atoms with Gasteiger partial charge in [0.25, 0.3) is 5.91 Å². The molecule has 0 unspecified atom stereocenters. The van der Waals surface area contributed by atoms with Gasteiger partial charge in [0, 0.05) is 9.35 Å². The molecule has 1 aromatic heterocycles. The van der Waals surface area contributed by atoms with Gasteiger partial charge in [0.05, 0.1) is 15.2 Å². The van der Waals surface area contributed by atoms with Gasteiger partial charge in [-0.3, -0.25) is 4.79 Å². The Morgan fingerprint density at radius 3 is 2.64 bits per heavy atom. The van der Waals surface area contributed by atoms with E-state index in [-0.39, 0.29) is 12.5 Å². The predicted molar refractivity (Wildman–Crippen MR) is 99.8 cm³/mol. The zero-order chi connectivity index (χ0) is 16.1. The van der Waals surface area contributed by atoms with Gasteiger partial charge in [0.1, 0.15) is 5.75 Å². The van der Waals surface area contributed by atoms with E-state index in [1.54, 1.807) is 17.6 Å². The second kappa shape index (κ2) is 8.24. The number of rotatable bonds is 5. The number of aryl methyl sites for hydroxylation is 1. The van der Waals surface area contributed by atoms with Crippen LogP contribution in [0.15, 0.2) is 42.1 Å². The highest BCUT2D eigenvalue weighted by atomic mass is 79.9. The largest absolute Gasteiger partial charge is 0.481 e. The molecule has 0 aliphatic heterocycles. The third-order valence-corrected chi connectivity index (χ3v) is 5.17. The molecule has 0 atom stereocenters. The monoisotopic (exact) mass is 508 g/mol. The SMILES string of the molecule is Cc1ccsc1/C=N/NC(=O)COc1c(Br)cc(Br)cc1Br. The van der Waals surface area contributed by atoms with E-state index in [1.807, 2.05) is 30.5 Å². The molecule has 0 saturated heterocycles. The van der Waals surface area contributed by atoms with Crippen LogP contribution in [0, 0.1) is 6.92 Å². The van der Waals surface area contributed by atoms with Crippen molar-refractivity contribution < 1.29 is 9.53 Å². The highest BCUT2D eigenvalue weighted by Crippen LogP contribution is 2.36. The number of hydrazone groups is 1. The van der Waals surface area contributed by atoms with E-state index >= 15 is 0 Å². The Balaban J connectivity index is 1.88. The maximum absolute atomic E-state index is 11.7. The van der Waals surface area contributed by atoms with Crippen molar-refractivity contribution in [3.05, 3.63) is 47.4 Å². The summed E-state index contributed by atoms with van der Waals surface area (Å²) >= 11 is 11.7. The first-order valence-electron chi connectivity index (χ1n) is 6.10. The molecule has 8 heteroatoms. The molecule has 0 aliphatic carbocycles. The van der Waals surface area contributed by atoms with E-state index in [2.05, 4.69) is 58.3 Å². The highest BCUT2D eigenvalue weighted by molar-refractivity contribution is 9.11. The van der Waals surface area contributed by atoms with E-state index in [1.165, 1.54) is 0 Å². The molecular formula is C14H11Br3N2O2S. The molecule has 4 nitrogen and oxygen atoms in total. The van der Waals surface area contributed by atoms with Crippen molar-refractivity contribution in [2.45, 2.75) is 6.92 Å². The van der Waals surface area contributed by atoms with E-state index in [4.69, 9.17) is 4.74 Å². The Morgan fingerprint density at radius 1 is 1.36 bits per heavy atom. The first kappa shape index (κ1) is 17.7. The molecule has 2 aromatic rings. The molecule has 116 valence electrons. The molecule has 1 amide bonds. The molecule has 0 radical (unpaired) electrons. The molecule has 22 heavy (non-hydrogen) atoms. The van der Waals surface area contributed by atoms with Crippen molar-refractivity contribution in [3.63, 3.8) is 0 Å². The molecule has 0 fully saturated rings. The number of ether oxygens (including phenoxy) is 1. The number of nitrogens with zero attached hydrogens (tertiary/aromatic N) is 1. The van der Waals surface area contributed by atoms with E-state index in [0.717, 1.165) is 23.9 Å². The number of hydrogen-bond donors (Lipinski definition) is 1. The molecule has 0 bridgehead atoms. The van der Waals surface area contributed by atoms with Gasteiger partial charge in [-0.25, -0.2) is 5.43 Å². The lowest BCUT2D eigenvalue weighted by Gasteiger charge is -2.09. The Hall–Kier alpha value is -0.700. The van der Waals surface area contributed by atoms with Gasteiger partial charge < -0.3 is 4.74 Å². The maximum Gasteiger partial charge on any atom is 0.277 e. The molecule has 2 rings (SSSR count). The van der Waals surface area contributed by atoms with E-state index in [0.29, 0.717) is 5.75 Å². The van der Waals surface area contributed by atoms with Gasteiger partial charge >= 0.3 is 0 Å². The number of benzene rings is 1. The summed E-state index contributed by atoms with van der Waals surface area (Å²) in [5, 5.41) is 5.90. The summed E-state index contributed by atoms with van der Waals surface area (Å²) in [6.07, 6.45) is 1.63. The number of nitrogens with one attached hydrogen (secondary N) is 1. The van der Waals surface area contributed by atoms with Gasteiger partial charge in [-0.05, 0) is 67.9 Å². The summed E-state index contributed by atoms with van der Waals surface area (Å²) in [7, 11) is 0. The first-order valence-corrected chi connectivity index (χ1v) is 9.36. The molecule has 0 aliphatic rings. The topological polar surface area (TPSA) is 50.7 Å². The summed E-state index contributed by atoms with van der Waals surface area (Å²) in [4.78, 5) is 12.7. The number of halogens is 3. The van der Waals surface area contributed by atoms with Crippen LogP contribution >= 0.6 is 59.1 Å². The molecule has 0 spiro atoms. The van der Waals surface area contributed by atoms with Crippen LogP contribution in [0.5, 0.6) is 5.75 Å². The summed E-state index contributed by atoms with van der Waals surface area (Å²) in [5.74, 6) is 0.239. The van der Waals surface area contributed by atoms with Crippen molar-refractivity contribution in [2.24, 2.45) is 5.10 Å². The van der Waals surface area contributed by atoms with Crippen LogP contribution < -0.4 is 10.2 Å². The van der Waals surface area contributed by atoms with E-state index < -0.39 is 0 Å². The lowest BCUT2D eigenvalue weighted by molar-refractivity contribution is -0.123. The normalized spacial score (nSPS) is 10.9. The van der Waals surface area contributed by atoms with Gasteiger partial charge in [0.15, 0.2) is 6.61 Å². The van der Waals surface area contributed by atoms with Crippen molar-refractivity contribution in [2.75, 3.05) is 6.61 Å². The van der Waals surface area contributed by atoms with Gasteiger partial charge in [-0.15, -0.1) is 11.3 Å².